The maximum Gasteiger partial charge on any atom is 0.284 e. The molecule has 26 nitrogen and oxygen atoms in total. The van der Waals surface area contributed by atoms with Crippen molar-refractivity contribution in [3.8, 4) is 24.0 Å². The summed E-state index contributed by atoms with van der Waals surface area (Å²) in [4.78, 5) is 88.2. The van der Waals surface area contributed by atoms with Crippen molar-refractivity contribution in [1.82, 2.24) is 47.8 Å². The standard InChI is InChI=1S/C22H33N3O2.C21H23F3N4O2.C20H23FN4O.C19H19F5N4O.C19H23FN4O/c1-14(20(2,3)4)18(26)24-19-23-16-10-9-15(21(5,6)27)13-17(16)25(19)22(7)11-8-12-22;1-19(7-4-8-19)28-16-14(6-5-12(11-25)17(16)30-3)26-18(28)27-15(29)9-13-10-20(2,22)21(13,23)24;1-12(19(2)7-8-19)17(26)24-18-23-16-14(21)9-13(11-22)10-15(16)25(18)20(3)5-4-6-20;1-17(2,3)28-15-13(21)9(8-25)5-11(20)14(15)27-16(28)26-12(29)6-10-7-19(23,24)18(10,4)22;1-18(2,3)11-15(25)22-17-23-16-13(20)9-12(21-5)10-14(16)24(17)19(4)7-6-8-19/h9-10,13-14,27H,8,11-12H2,1-7H3,(H,23,24,26);5-6,13H,4,7-10H2,1-3H3,(H,26,27,29);9-10,12H,4-8H2,1-3H3,(H,23,24,26);5,10H,6-7H2,1-4H3,(H,26,27,29);9-10H,6-8,11H2,1-4H3,(H,22,23,25). The summed E-state index contributed by atoms with van der Waals surface area (Å²) in [5, 5.41) is 52.0. The minimum absolute atomic E-state index is 0.00955. The third-order valence-corrected chi connectivity index (χ3v) is 29.4. The summed E-state index contributed by atoms with van der Waals surface area (Å²) in [6.45, 7) is 43.9. The minimum Gasteiger partial charge on any atom is -0.493 e. The number of ether oxygens (including phenoxy) is 1. The average molecular weight is 1900 g/mol. The number of aliphatic hydroxyl groups is 1. The number of anilines is 5. The number of aromatic nitrogens is 10. The Labute approximate surface area is 789 Å². The number of benzene rings is 5. The first kappa shape index (κ1) is 102. The minimum atomic E-state index is -3.53. The highest BCUT2D eigenvalue weighted by atomic mass is 19.3. The number of imidazole rings is 5. The zero-order chi connectivity index (χ0) is 101. The van der Waals surface area contributed by atoms with Crippen LogP contribution in [-0.4, -0.2) is 113 Å². The summed E-state index contributed by atoms with van der Waals surface area (Å²) in [7, 11) is 1.46. The van der Waals surface area contributed by atoms with Gasteiger partial charge in [-0.1, -0.05) is 68.4 Å². The first-order chi connectivity index (χ1) is 63.5. The molecule has 6 N–H and O–H groups in total. The number of carbonyl (C=O) groups is 5. The SMILES string of the molecule is CC(C(=O)Nc1nc2c(F)cc(C#N)cc2n1C1(C)CCC1)C1(C)CC1.CC(C(=O)Nc1nc2ccc(C(C)(C)O)cc2n1C1(C)CCC1)C(C)(C)C.CC(C)(C)n1c(NC(=O)CC2CC(F)(F)C2(C)F)nc2c(F)cc(C#N)c(F)c21.COc1c(C#N)ccc2nc(NC(=O)CC3CC(C)(F)C3(F)F)n(C3(C)CCC3)c12.[C-]#[N+]c1cc(F)c2nc(NC(=O)CC(C)(C)C)n(C3(C)CCC3)c2c1. The van der Waals surface area contributed by atoms with Crippen LogP contribution in [0.5, 0.6) is 5.75 Å². The van der Waals surface area contributed by atoms with Crippen LogP contribution in [0.15, 0.2) is 60.7 Å². The van der Waals surface area contributed by atoms with E-state index in [9.17, 15) is 83.5 Å². The van der Waals surface area contributed by atoms with Crippen molar-refractivity contribution < 1.29 is 77.7 Å². The van der Waals surface area contributed by atoms with E-state index in [1.165, 1.54) is 30.2 Å². The number of halogens is 10. The van der Waals surface area contributed by atoms with Gasteiger partial charge in [0.2, 0.25) is 59.3 Å². The summed E-state index contributed by atoms with van der Waals surface area (Å²) >= 11 is 0. The number of carbonyl (C=O) groups excluding carboxylic acids is 5. The topological polar surface area (TPSA) is 340 Å². The van der Waals surface area contributed by atoms with E-state index in [2.05, 4.69) is 110 Å². The van der Waals surface area contributed by atoms with E-state index in [0.717, 1.165) is 114 Å². The van der Waals surface area contributed by atoms with Crippen molar-refractivity contribution in [3.63, 3.8) is 0 Å². The van der Waals surface area contributed by atoms with Gasteiger partial charge in [0.15, 0.2) is 40.2 Å². The second-order valence-electron chi connectivity index (χ2n) is 43.8. The first-order valence-electron chi connectivity index (χ1n) is 46.4. The van der Waals surface area contributed by atoms with E-state index < -0.39 is 112 Å². The van der Waals surface area contributed by atoms with Gasteiger partial charge in [0.25, 0.3) is 11.8 Å². The molecule has 6 atom stereocenters. The van der Waals surface area contributed by atoms with E-state index in [1.54, 1.807) is 65.0 Å². The fourth-order valence-corrected chi connectivity index (χ4v) is 19.0. The number of hydrogen-bond donors (Lipinski definition) is 6. The lowest BCUT2D eigenvalue weighted by atomic mass is 9.67. The normalized spacial score (nSPS) is 21.3. The number of methoxy groups -OCH3 is 1. The van der Waals surface area contributed by atoms with Gasteiger partial charge in [-0.15, -0.1) is 0 Å². The Morgan fingerprint density at radius 3 is 1.45 bits per heavy atom. The van der Waals surface area contributed by atoms with Crippen LogP contribution in [-0.2, 0) is 57.3 Å². The molecule has 0 aliphatic heterocycles. The monoisotopic (exact) mass is 1900 g/mol. The molecule has 5 aromatic heterocycles. The molecule has 0 spiro atoms. The Morgan fingerprint density at radius 1 is 0.526 bits per heavy atom. The predicted octanol–water partition coefficient (Wildman–Crippen LogP) is 23.3. The van der Waals surface area contributed by atoms with E-state index >= 15 is 0 Å². The number of hydrogen-bond acceptors (Lipinski definition) is 15. The van der Waals surface area contributed by atoms with Crippen LogP contribution >= 0.6 is 0 Å². The Bertz CT molecular complexity index is 6640. The Morgan fingerprint density at radius 2 is 0.985 bits per heavy atom. The molecule has 6 unspecified atom stereocenters. The zero-order valence-corrected chi connectivity index (χ0v) is 81.5. The van der Waals surface area contributed by atoms with Crippen LogP contribution < -0.4 is 31.3 Å². The third-order valence-electron chi connectivity index (χ3n) is 29.4. The maximum atomic E-state index is 14.8. The number of nitrogens with one attached hydrogen (secondary N) is 5. The van der Waals surface area contributed by atoms with Gasteiger partial charge < -0.3 is 32.7 Å². The molecule has 7 fully saturated rings. The first-order valence-corrected chi connectivity index (χ1v) is 46.4. The number of fused-ring (bicyclic) bond motifs is 5. The summed E-state index contributed by atoms with van der Waals surface area (Å²) < 4.78 is 155. The lowest BCUT2D eigenvalue weighted by Crippen LogP contribution is -2.60. The summed E-state index contributed by atoms with van der Waals surface area (Å²) in [5.41, 5.74) is -3.33. The molecule has 0 bridgehead atoms. The number of nitrogens with zero attached hydrogens (tertiary/aromatic N) is 14. The molecule has 7 aliphatic rings. The predicted molar refractivity (Wildman–Crippen MR) is 502 cm³/mol. The third kappa shape index (κ3) is 19.6. The summed E-state index contributed by atoms with van der Waals surface area (Å²) in [6.07, 6.45) is 12.2. The molecule has 0 radical (unpaired) electrons. The van der Waals surface area contributed by atoms with Crippen LogP contribution in [0, 0.1) is 104 Å². The Kier molecular flexibility index (Phi) is 27.1. The molecular weight excluding hydrogens is 1780 g/mol. The van der Waals surface area contributed by atoms with Gasteiger partial charge in [-0.05, 0) is 249 Å². The second-order valence-corrected chi connectivity index (χ2v) is 43.8. The van der Waals surface area contributed by atoms with Gasteiger partial charge in [-0.3, -0.25) is 50.6 Å². The van der Waals surface area contributed by atoms with Crippen LogP contribution in [0.1, 0.15) is 283 Å². The molecule has 5 amide bonds. The number of amides is 5. The largest absolute Gasteiger partial charge is 0.493 e. The Hall–Kier alpha value is -12.2. The molecule has 5 heterocycles. The highest BCUT2D eigenvalue weighted by Gasteiger charge is 2.68. The van der Waals surface area contributed by atoms with Crippen molar-refractivity contribution in [3.05, 3.63) is 118 Å². The summed E-state index contributed by atoms with van der Waals surface area (Å²) in [6, 6.07) is 21.2. The van der Waals surface area contributed by atoms with Gasteiger partial charge >= 0.3 is 0 Å². The van der Waals surface area contributed by atoms with Crippen molar-refractivity contribution >= 4 is 120 Å². The van der Waals surface area contributed by atoms with Gasteiger partial charge in [0.05, 0.1) is 69.6 Å². The van der Waals surface area contributed by atoms with Crippen LogP contribution in [0.4, 0.5) is 79.3 Å². The number of alkyl halides is 6. The lowest BCUT2D eigenvalue weighted by Gasteiger charge is -2.47. The fourth-order valence-electron chi connectivity index (χ4n) is 19.0. The van der Waals surface area contributed by atoms with E-state index in [1.807, 2.05) is 79.5 Å². The molecule has 5 aromatic carbocycles. The van der Waals surface area contributed by atoms with E-state index in [-0.39, 0.29) is 114 Å². The van der Waals surface area contributed by atoms with E-state index in [0.29, 0.717) is 63.7 Å². The molecular formula is C101H121F10N19O7. The highest BCUT2D eigenvalue weighted by molar-refractivity contribution is 5.98. The van der Waals surface area contributed by atoms with E-state index in [4.69, 9.17) is 21.6 Å². The van der Waals surface area contributed by atoms with Crippen LogP contribution in [0.2, 0.25) is 0 Å². The number of nitriles is 3. The van der Waals surface area contributed by atoms with Crippen molar-refractivity contribution in [2.24, 2.45) is 39.9 Å². The van der Waals surface area contributed by atoms with Gasteiger partial charge in [0, 0.05) is 77.0 Å². The second kappa shape index (κ2) is 36.3. The van der Waals surface area contributed by atoms with Gasteiger partial charge in [-0.25, -0.2) is 73.7 Å². The van der Waals surface area contributed by atoms with Crippen molar-refractivity contribution in [2.75, 3.05) is 33.7 Å². The smallest absolute Gasteiger partial charge is 0.284 e. The van der Waals surface area contributed by atoms with Crippen LogP contribution in [0.3, 0.4) is 0 Å². The highest BCUT2D eigenvalue weighted by Crippen LogP contribution is 2.58. The van der Waals surface area contributed by atoms with Crippen LogP contribution in [0.25, 0.3) is 60.0 Å². The molecule has 36 heteroatoms. The molecule has 732 valence electrons. The average Bonchev–Trinajstić information content (AvgIpc) is 1.43. The number of rotatable bonds is 19. The molecule has 137 heavy (non-hydrogen) atoms. The lowest BCUT2D eigenvalue weighted by molar-refractivity contribution is -0.248. The molecule has 10 aromatic rings. The maximum absolute atomic E-state index is 14.8. The van der Waals surface area contributed by atoms with Crippen molar-refractivity contribution in [1.29, 1.82) is 15.8 Å². The summed E-state index contributed by atoms with van der Waals surface area (Å²) in [5.74, 6) is -12.8. The Balaban J connectivity index is 0.000000145. The quantitative estimate of drug-likeness (QED) is 0.0324. The fraction of sp³-hybridized carbons (Fsp3) is 0.564. The zero-order valence-electron chi connectivity index (χ0n) is 81.5. The van der Waals surface area contributed by atoms with Crippen molar-refractivity contribution in [2.45, 2.75) is 317 Å². The molecule has 7 aliphatic carbocycles. The molecule has 7 saturated carbocycles. The molecule has 17 rings (SSSR count). The molecule has 0 saturated heterocycles. The van der Waals surface area contributed by atoms with Gasteiger partial charge in [0.1, 0.15) is 45.5 Å². The van der Waals surface area contributed by atoms with Gasteiger partial charge in [-0.2, -0.15) is 15.8 Å².